The second-order valence-electron chi connectivity index (χ2n) is 4.32. The van der Waals surface area contributed by atoms with Gasteiger partial charge >= 0.3 is 0 Å². The molecule has 112 valence electrons. The van der Waals surface area contributed by atoms with Crippen LogP contribution in [-0.4, -0.2) is 13.4 Å². The first-order valence-electron chi connectivity index (χ1n) is 5.98. The van der Waals surface area contributed by atoms with Gasteiger partial charge in [-0.15, -0.1) is 11.3 Å². The van der Waals surface area contributed by atoms with Gasteiger partial charge in [0.05, 0.1) is 14.2 Å². The molecule has 0 aliphatic carbocycles. The van der Waals surface area contributed by atoms with E-state index >= 15 is 0 Å². The minimum atomic E-state index is -3.54. The van der Waals surface area contributed by atoms with E-state index in [4.69, 9.17) is 29.6 Å². The SMILES string of the molecule is NC(=S)Cc1ccc(S(=O)(=O)NCc2ccc(Cl)s2)cc1. The predicted octanol–water partition coefficient (Wildman–Crippen LogP) is 2.71. The number of nitrogens with one attached hydrogen (secondary N) is 1. The van der Waals surface area contributed by atoms with Crippen LogP contribution in [0.4, 0.5) is 0 Å². The smallest absolute Gasteiger partial charge is 0.240 e. The summed E-state index contributed by atoms with van der Waals surface area (Å²) in [6, 6.07) is 10.0. The van der Waals surface area contributed by atoms with Crippen molar-refractivity contribution in [2.45, 2.75) is 17.9 Å². The van der Waals surface area contributed by atoms with E-state index in [1.165, 1.54) is 23.5 Å². The minimum Gasteiger partial charge on any atom is -0.393 e. The first kappa shape index (κ1) is 16.4. The molecule has 2 rings (SSSR count). The van der Waals surface area contributed by atoms with Crippen LogP contribution in [0, 0.1) is 0 Å². The van der Waals surface area contributed by atoms with E-state index < -0.39 is 10.0 Å². The van der Waals surface area contributed by atoms with E-state index in [-0.39, 0.29) is 11.4 Å². The van der Waals surface area contributed by atoms with Gasteiger partial charge < -0.3 is 5.73 Å². The highest BCUT2D eigenvalue weighted by Gasteiger charge is 2.14. The first-order valence-corrected chi connectivity index (χ1v) is 9.06. The lowest BCUT2D eigenvalue weighted by molar-refractivity contribution is 0.582. The number of hydrogen-bond acceptors (Lipinski definition) is 4. The van der Waals surface area contributed by atoms with Crippen LogP contribution in [0.5, 0.6) is 0 Å². The lowest BCUT2D eigenvalue weighted by Crippen LogP contribution is -2.22. The summed E-state index contributed by atoms with van der Waals surface area (Å²) in [5, 5.41) is 0. The van der Waals surface area contributed by atoms with Crippen LogP contribution < -0.4 is 10.5 Å². The molecule has 0 saturated carbocycles. The third-order valence-electron chi connectivity index (χ3n) is 2.68. The molecule has 0 amide bonds. The molecule has 1 aromatic heterocycles. The van der Waals surface area contributed by atoms with Crippen LogP contribution in [0.1, 0.15) is 10.4 Å². The lowest BCUT2D eigenvalue weighted by Gasteiger charge is -2.06. The Labute approximate surface area is 138 Å². The van der Waals surface area contributed by atoms with Crippen molar-refractivity contribution in [3.05, 3.63) is 51.2 Å². The van der Waals surface area contributed by atoms with Gasteiger partial charge in [0.25, 0.3) is 0 Å². The second kappa shape index (κ2) is 6.85. The molecule has 8 heteroatoms. The summed E-state index contributed by atoms with van der Waals surface area (Å²) in [5.41, 5.74) is 6.33. The van der Waals surface area contributed by atoms with Crippen LogP contribution in [0.3, 0.4) is 0 Å². The maximum absolute atomic E-state index is 12.2. The van der Waals surface area contributed by atoms with Gasteiger partial charge in [0.15, 0.2) is 0 Å². The number of halogens is 1. The fourth-order valence-corrected chi connectivity index (χ4v) is 3.98. The van der Waals surface area contributed by atoms with Gasteiger partial charge in [0.1, 0.15) is 0 Å². The summed E-state index contributed by atoms with van der Waals surface area (Å²) in [4.78, 5) is 1.43. The summed E-state index contributed by atoms with van der Waals surface area (Å²) in [7, 11) is -3.54. The van der Waals surface area contributed by atoms with E-state index in [9.17, 15) is 8.42 Å². The summed E-state index contributed by atoms with van der Waals surface area (Å²) in [6.45, 7) is 0.217. The Hall–Kier alpha value is -0.990. The zero-order valence-electron chi connectivity index (χ0n) is 10.9. The van der Waals surface area contributed by atoms with Crippen molar-refractivity contribution in [3.8, 4) is 0 Å². The highest BCUT2D eigenvalue weighted by molar-refractivity contribution is 7.89. The largest absolute Gasteiger partial charge is 0.393 e. The van der Waals surface area contributed by atoms with Gasteiger partial charge in [-0.05, 0) is 29.8 Å². The molecule has 21 heavy (non-hydrogen) atoms. The van der Waals surface area contributed by atoms with Gasteiger partial charge in [-0.3, -0.25) is 0 Å². The van der Waals surface area contributed by atoms with Crippen molar-refractivity contribution in [1.82, 2.24) is 4.72 Å². The molecular weight excluding hydrogens is 348 g/mol. The number of nitrogens with two attached hydrogens (primary N) is 1. The quantitative estimate of drug-likeness (QED) is 0.777. The number of thiophene rings is 1. The van der Waals surface area contributed by atoms with Crippen molar-refractivity contribution < 1.29 is 8.42 Å². The molecule has 0 spiro atoms. The molecule has 0 bridgehead atoms. The minimum absolute atomic E-state index is 0.205. The number of hydrogen-bond donors (Lipinski definition) is 2. The Balaban J connectivity index is 2.06. The fraction of sp³-hybridized carbons (Fsp3) is 0.154. The van der Waals surface area contributed by atoms with Crippen LogP contribution >= 0.6 is 35.2 Å². The average molecular weight is 361 g/mol. The van der Waals surface area contributed by atoms with Crippen molar-refractivity contribution in [3.63, 3.8) is 0 Å². The molecule has 0 aliphatic heterocycles. The molecule has 0 fully saturated rings. The topological polar surface area (TPSA) is 72.2 Å². The maximum atomic E-state index is 12.2. The molecule has 0 saturated heterocycles. The highest BCUT2D eigenvalue weighted by atomic mass is 35.5. The molecule has 0 aliphatic rings. The van der Waals surface area contributed by atoms with E-state index in [1.807, 2.05) is 0 Å². The van der Waals surface area contributed by atoms with Gasteiger partial charge in [-0.2, -0.15) is 0 Å². The molecular formula is C13H13ClN2O2S3. The fourth-order valence-electron chi connectivity index (χ4n) is 1.68. The Morgan fingerprint density at radius 3 is 2.43 bits per heavy atom. The van der Waals surface area contributed by atoms with Gasteiger partial charge in [-0.25, -0.2) is 13.1 Å². The van der Waals surface area contributed by atoms with Crippen molar-refractivity contribution in [2.75, 3.05) is 0 Å². The molecule has 2 aromatic rings. The van der Waals surface area contributed by atoms with E-state index in [1.54, 1.807) is 24.3 Å². The number of thiocarbonyl (C=S) groups is 1. The maximum Gasteiger partial charge on any atom is 0.240 e. The van der Waals surface area contributed by atoms with Gasteiger partial charge in [-0.1, -0.05) is 36.0 Å². The standard InChI is InChI=1S/C13H13ClN2O2S3/c14-12-6-3-10(20-12)8-16-21(17,18)11-4-1-9(2-5-11)7-13(15)19/h1-6,16H,7-8H2,(H2,15,19). The van der Waals surface area contributed by atoms with E-state index in [2.05, 4.69) is 4.72 Å². The molecule has 0 radical (unpaired) electrons. The third kappa shape index (κ3) is 4.76. The highest BCUT2D eigenvalue weighted by Crippen LogP contribution is 2.21. The van der Waals surface area contributed by atoms with Crippen molar-refractivity contribution in [2.24, 2.45) is 5.73 Å². The van der Waals surface area contributed by atoms with Crippen molar-refractivity contribution in [1.29, 1.82) is 0 Å². The first-order chi connectivity index (χ1) is 9.87. The second-order valence-corrected chi connectivity index (χ2v) is 8.41. The molecule has 1 aromatic carbocycles. The van der Waals surface area contributed by atoms with Crippen molar-refractivity contribution >= 4 is 50.2 Å². The summed E-state index contributed by atoms with van der Waals surface area (Å²) >= 11 is 12.0. The lowest BCUT2D eigenvalue weighted by atomic mass is 10.1. The summed E-state index contributed by atoms with van der Waals surface area (Å²) in [5.74, 6) is 0. The van der Waals surface area contributed by atoms with Crippen LogP contribution in [0.2, 0.25) is 4.34 Å². The Bertz CT molecular complexity index is 739. The normalized spacial score (nSPS) is 11.5. The van der Waals surface area contributed by atoms with Gasteiger partial charge in [0.2, 0.25) is 10.0 Å². The average Bonchev–Trinajstić information content (AvgIpc) is 2.82. The van der Waals surface area contributed by atoms with E-state index in [0.717, 1.165) is 10.4 Å². The zero-order chi connectivity index (χ0) is 15.5. The summed E-state index contributed by atoms with van der Waals surface area (Å²) < 4.78 is 27.5. The monoisotopic (exact) mass is 360 g/mol. The van der Waals surface area contributed by atoms with Crippen LogP contribution in [0.25, 0.3) is 0 Å². The zero-order valence-corrected chi connectivity index (χ0v) is 14.1. The molecule has 1 heterocycles. The number of rotatable bonds is 6. The summed E-state index contributed by atoms with van der Waals surface area (Å²) in [6.07, 6.45) is 0.455. The number of benzene rings is 1. The van der Waals surface area contributed by atoms with Gasteiger partial charge in [0, 0.05) is 17.8 Å². The Morgan fingerprint density at radius 2 is 1.90 bits per heavy atom. The predicted molar refractivity (Wildman–Crippen MR) is 90.3 cm³/mol. The Kier molecular flexibility index (Phi) is 5.34. The van der Waals surface area contributed by atoms with Crippen LogP contribution in [0.15, 0.2) is 41.3 Å². The van der Waals surface area contributed by atoms with Crippen LogP contribution in [-0.2, 0) is 23.0 Å². The Morgan fingerprint density at radius 1 is 1.24 bits per heavy atom. The molecule has 3 N–H and O–H groups in total. The third-order valence-corrected chi connectivity index (χ3v) is 5.47. The molecule has 0 atom stereocenters. The van der Waals surface area contributed by atoms with E-state index in [0.29, 0.717) is 15.7 Å². The molecule has 0 unspecified atom stereocenters. The number of sulfonamides is 1. The molecule has 4 nitrogen and oxygen atoms in total.